The summed E-state index contributed by atoms with van der Waals surface area (Å²) in [6.07, 6.45) is 5.84. The fourth-order valence-corrected chi connectivity index (χ4v) is 5.67. The first-order valence-corrected chi connectivity index (χ1v) is 11.6. The molecule has 1 saturated carbocycles. The van der Waals surface area contributed by atoms with Crippen LogP contribution in [-0.4, -0.2) is 33.4 Å². The second kappa shape index (κ2) is 7.65. The molecule has 2 aliphatic rings. The molecule has 1 aliphatic carbocycles. The Bertz CT molecular complexity index is 1050. The Morgan fingerprint density at radius 2 is 2.10 bits per heavy atom. The zero-order chi connectivity index (χ0) is 20.0. The highest BCUT2D eigenvalue weighted by Gasteiger charge is 2.27. The molecule has 152 valence electrons. The van der Waals surface area contributed by atoms with Crippen molar-refractivity contribution in [1.82, 2.24) is 14.9 Å². The monoisotopic (exact) mass is 428 g/mol. The molecule has 1 amide bonds. The van der Waals surface area contributed by atoms with Gasteiger partial charge in [-0.15, -0.1) is 0 Å². The van der Waals surface area contributed by atoms with Crippen LogP contribution in [0.4, 0.5) is 5.13 Å². The number of carbonyl (C=O) groups excluding carboxylic acids is 1. The molecule has 0 radical (unpaired) electrons. The van der Waals surface area contributed by atoms with Crippen LogP contribution in [0.25, 0.3) is 10.9 Å². The van der Waals surface area contributed by atoms with Gasteiger partial charge in [0.2, 0.25) is 0 Å². The maximum atomic E-state index is 13.0. The van der Waals surface area contributed by atoms with E-state index in [0.717, 1.165) is 34.1 Å². The smallest absolute Gasteiger partial charge is 0.270 e. The van der Waals surface area contributed by atoms with Crippen molar-refractivity contribution < 1.29 is 4.79 Å². The molecule has 7 heteroatoms. The predicted octanol–water partition coefficient (Wildman–Crippen LogP) is 5.47. The zero-order valence-corrected chi connectivity index (χ0v) is 18.1. The van der Waals surface area contributed by atoms with Gasteiger partial charge in [0.1, 0.15) is 5.69 Å². The fourth-order valence-electron chi connectivity index (χ4n) is 4.39. The Labute approximate surface area is 179 Å². The number of H-pyrrole nitrogens is 1. The number of thiazole rings is 1. The van der Waals surface area contributed by atoms with Crippen LogP contribution in [0.3, 0.4) is 0 Å². The van der Waals surface area contributed by atoms with Gasteiger partial charge in [-0.2, -0.15) is 0 Å². The number of benzene rings is 1. The van der Waals surface area contributed by atoms with Crippen molar-refractivity contribution in [2.45, 2.75) is 51.6 Å². The molecule has 0 spiro atoms. The minimum atomic E-state index is 0.0344. The van der Waals surface area contributed by atoms with E-state index in [-0.39, 0.29) is 5.91 Å². The molecular formula is C22H25ClN4OS. The average Bonchev–Trinajstić information content (AvgIpc) is 3.31. The van der Waals surface area contributed by atoms with Crippen molar-refractivity contribution in [3.63, 3.8) is 0 Å². The van der Waals surface area contributed by atoms with Gasteiger partial charge in [0, 0.05) is 39.8 Å². The summed E-state index contributed by atoms with van der Waals surface area (Å²) in [6.45, 7) is 3.67. The van der Waals surface area contributed by atoms with Gasteiger partial charge < -0.3 is 15.2 Å². The van der Waals surface area contributed by atoms with E-state index in [0.29, 0.717) is 29.8 Å². The first kappa shape index (κ1) is 18.9. The third-order valence-electron chi connectivity index (χ3n) is 6.18. The zero-order valence-electron chi connectivity index (χ0n) is 16.5. The summed E-state index contributed by atoms with van der Waals surface area (Å²) in [4.78, 5) is 24.2. The molecule has 0 unspecified atom stereocenters. The Morgan fingerprint density at radius 3 is 2.93 bits per heavy atom. The molecule has 5 rings (SSSR count). The normalized spacial score (nSPS) is 21.9. The second-order valence-corrected chi connectivity index (χ2v) is 9.90. The number of rotatable bonds is 3. The molecule has 3 aromatic rings. The van der Waals surface area contributed by atoms with Crippen molar-refractivity contribution in [2.75, 3.05) is 11.9 Å². The van der Waals surface area contributed by atoms with E-state index >= 15 is 0 Å². The molecular weight excluding hydrogens is 404 g/mol. The number of aromatic nitrogens is 2. The minimum absolute atomic E-state index is 0.0344. The molecule has 0 bridgehead atoms. The number of anilines is 1. The van der Waals surface area contributed by atoms with Crippen LogP contribution < -0.4 is 5.32 Å². The maximum absolute atomic E-state index is 13.0. The van der Waals surface area contributed by atoms with Crippen LogP contribution in [0.2, 0.25) is 5.02 Å². The van der Waals surface area contributed by atoms with Gasteiger partial charge in [-0.05, 0) is 49.8 Å². The summed E-state index contributed by atoms with van der Waals surface area (Å²) in [5.41, 5.74) is 2.66. The Hall–Kier alpha value is -2.05. The van der Waals surface area contributed by atoms with Crippen molar-refractivity contribution >= 4 is 44.9 Å². The third kappa shape index (κ3) is 3.88. The van der Waals surface area contributed by atoms with E-state index < -0.39 is 0 Å². The largest absolute Gasteiger partial charge is 0.359 e. The van der Waals surface area contributed by atoms with Crippen LogP contribution in [0.1, 0.15) is 53.7 Å². The summed E-state index contributed by atoms with van der Waals surface area (Å²) in [5, 5.41) is 6.33. The predicted molar refractivity (Wildman–Crippen MR) is 119 cm³/mol. The topological polar surface area (TPSA) is 61.0 Å². The lowest BCUT2D eigenvalue weighted by atomic mass is 9.87. The highest BCUT2D eigenvalue weighted by Crippen LogP contribution is 2.32. The average molecular weight is 429 g/mol. The number of halogens is 1. The molecule has 0 saturated heterocycles. The van der Waals surface area contributed by atoms with Gasteiger partial charge in [0.15, 0.2) is 5.13 Å². The molecule has 1 aliphatic heterocycles. The lowest BCUT2D eigenvalue weighted by Gasteiger charge is -2.26. The lowest BCUT2D eigenvalue weighted by molar-refractivity contribution is 0.0731. The van der Waals surface area contributed by atoms with Gasteiger partial charge in [0.25, 0.3) is 5.91 Å². The summed E-state index contributed by atoms with van der Waals surface area (Å²) >= 11 is 7.77. The molecule has 29 heavy (non-hydrogen) atoms. The van der Waals surface area contributed by atoms with Crippen LogP contribution in [0.5, 0.6) is 0 Å². The number of nitrogens with zero attached hydrogens (tertiary/aromatic N) is 2. The molecule has 2 N–H and O–H groups in total. The second-order valence-electron chi connectivity index (χ2n) is 8.38. The van der Waals surface area contributed by atoms with Gasteiger partial charge in [-0.3, -0.25) is 4.79 Å². The van der Waals surface area contributed by atoms with Crippen LogP contribution in [0.15, 0.2) is 24.3 Å². The minimum Gasteiger partial charge on any atom is -0.359 e. The summed E-state index contributed by atoms with van der Waals surface area (Å²) in [6, 6.07) is 8.09. The van der Waals surface area contributed by atoms with E-state index in [1.54, 1.807) is 11.3 Å². The van der Waals surface area contributed by atoms with E-state index in [9.17, 15) is 4.79 Å². The number of amides is 1. The summed E-state index contributed by atoms with van der Waals surface area (Å²) in [5.74, 6) is 0.880. The van der Waals surface area contributed by atoms with Gasteiger partial charge >= 0.3 is 0 Å². The maximum Gasteiger partial charge on any atom is 0.270 e. The van der Waals surface area contributed by atoms with Gasteiger partial charge in [-0.1, -0.05) is 35.9 Å². The Morgan fingerprint density at radius 1 is 1.28 bits per heavy atom. The van der Waals surface area contributed by atoms with E-state index in [4.69, 9.17) is 16.6 Å². The molecule has 2 aromatic heterocycles. The van der Waals surface area contributed by atoms with Crippen molar-refractivity contribution in [3.05, 3.63) is 45.6 Å². The lowest BCUT2D eigenvalue weighted by Crippen LogP contribution is -2.35. The molecule has 1 aromatic carbocycles. The highest BCUT2D eigenvalue weighted by atomic mass is 35.5. The Balaban J connectivity index is 1.28. The standard InChI is InChI=1S/C22H25ClN4OS/c1-13-2-6-16(7-3-13)24-22-26-17-8-9-27(12-20(17)29-22)21(28)19-10-14-4-5-15(23)11-18(14)25-19/h4-5,10-11,13,16,25H,2-3,6-9,12H2,1H3,(H,24,26). The molecule has 3 heterocycles. The number of fused-ring (bicyclic) bond motifs is 2. The molecule has 5 nitrogen and oxygen atoms in total. The summed E-state index contributed by atoms with van der Waals surface area (Å²) < 4.78 is 0. The molecule has 1 fully saturated rings. The van der Waals surface area contributed by atoms with Crippen LogP contribution in [0, 0.1) is 5.92 Å². The first-order valence-electron chi connectivity index (χ1n) is 10.4. The number of aromatic amines is 1. The van der Waals surface area contributed by atoms with Crippen molar-refractivity contribution in [3.8, 4) is 0 Å². The number of carbonyl (C=O) groups is 1. The number of nitrogens with one attached hydrogen (secondary N) is 2. The van der Waals surface area contributed by atoms with Crippen LogP contribution in [-0.2, 0) is 13.0 Å². The van der Waals surface area contributed by atoms with E-state index in [1.165, 1.54) is 30.6 Å². The van der Waals surface area contributed by atoms with Gasteiger partial charge in [-0.25, -0.2) is 4.98 Å². The quantitative estimate of drug-likeness (QED) is 0.581. The molecule has 0 atom stereocenters. The third-order valence-corrected chi connectivity index (χ3v) is 7.43. The highest BCUT2D eigenvalue weighted by molar-refractivity contribution is 7.15. The van der Waals surface area contributed by atoms with Crippen molar-refractivity contribution in [1.29, 1.82) is 0 Å². The first-order chi connectivity index (χ1) is 14.0. The van der Waals surface area contributed by atoms with Crippen molar-refractivity contribution in [2.24, 2.45) is 5.92 Å². The van der Waals surface area contributed by atoms with Crippen LogP contribution >= 0.6 is 22.9 Å². The number of hydrogen-bond donors (Lipinski definition) is 2. The van der Waals surface area contributed by atoms with Gasteiger partial charge in [0.05, 0.1) is 12.2 Å². The van der Waals surface area contributed by atoms with E-state index in [2.05, 4.69) is 17.2 Å². The Kier molecular flexibility index (Phi) is 5.00. The SMILES string of the molecule is CC1CCC(Nc2nc3c(s2)CN(C(=O)c2cc4ccc(Cl)cc4[nH]2)CC3)CC1. The summed E-state index contributed by atoms with van der Waals surface area (Å²) in [7, 11) is 0. The van der Waals surface area contributed by atoms with E-state index in [1.807, 2.05) is 29.2 Å². The number of hydrogen-bond acceptors (Lipinski definition) is 4. The fraction of sp³-hybridized carbons (Fsp3) is 0.455.